The van der Waals surface area contributed by atoms with Crippen LogP contribution in [0.4, 0.5) is 0 Å². The van der Waals surface area contributed by atoms with Crippen LogP contribution in [0.1, 0.15) is 13.8 Å². The molecule has 0 aliphatic heterocycles. The first-order chi connectivity index (χ1) is 8.70. The van der Waals surface area contributed by atoms with Gasteiger partial charge in [0.1, 0.15) is 5.75 Å². The van der Waals surface area contributed by atoms with Crippen molar-refractivity contribution < 1.29 is 41.1 Å². The Kier molecular flexibility index (Phi) is 11.0. The molecule has 0 radical (unpaired) electrons. The van der Waals surface area contributed by atoms with Gasteiger partial charge in [-0.3, -0.25) is 4.21 Å². The van der Waals surface area contributed by atoms with Gasteiger partial charge in [-0.1, -0.05) is 18.2 Å². The van der Waals surface area contributed by atoms with E-state index in [1.807, 2.05) is 48.5 Å². The topological polar surface area (TPSA) is 26.3 Å². The third-order valence-electron chi connectivity index (χ3n) is 1.86. The Balaban J connectivity index is 0.000000392. The quantitative estimate of drug-likeness (QED) is 0.789. The van der Waals surface area contributed by atoms with Crippen molar-refractivity contribution in [2.24, 2.45) is 0 Å². The zero-order valence-corrected chi connectivity index (χ0v) is 14.7. The van der Waals surface area contributed by atoms with Crippen molar-refractivity contribution in [3.05, 3.63) is 72.0 Å². The standard InChI is InChI=1S/C9H11O2S.C6H5.Y/c1-8(2)12(10)11-9-6-4-3-5-7-9;1-2-4-6-5-3-1;/h3-7H,1-2H3;1-5H;/q2*-1;+3. The number of para-hydroxylation sites is 1. The van der Waals surface area contributed by atoms with Gasteiger partial charge in [0.05, 0.1) is 11.1 Å². The van der Waals surface area contributed by atoms with Gasteiger partial charge in [0.2, 0.25) is 0 Å². The Morgan fingerprint density at radius 1 is 1.00 bits per heavy atom. The molecule has 0 saturated heterocycles. The molecule has 0 bridgehead atoms. The summed E-state index contributed by atoms with van der Waals surface area (Å²) in [5.74, 6) is 0.636. The summed E-state index contributed by atoms with van der Waals surface area (Å²) in [4.78, 5) is 0. The van der Waals surface area contributed by atoms with Crippen LogP contribution in [0.3, 0.4) is 0 Å². The number of hydrogen-bond acceptors (Lipinski definition) is 2. The molecule has 0 N–H and O–H groups in total. The van der Waals surface area contributed by atoms with Gasteiger partial charge in [-0.05, 0) is 12.1 Å². The van der Waals surface area contributed by atoms with E-state index in [2.05, 4.69) is 6.07 Å². The molecule has 2 aromatic carbocycles. The van der Waals surface area contributed by atoms with Gasteiger partial charge < -0.3 is 4.18 Å². The molecule has 19 heavy (non-hydrogen) atoms. The van der Waals surface area contributed by atoms with E-state index < -0.39 is 11.1 Å². The first kappa shape index (κ1) is 18.5. The average Bonchev–Trinajstić information content (AvgIpc) is 2.42. The zero-order chi connectivity index (χ0) is 13.2. The maximum atomic E-state index is 11.2. The SMILES string of the molecule is C[C-](C)S(=O)Oc1ccccc1.[Y+3].[c-]1ccccc1. The van der Waals surface area contributed by atoms with Crippen LogP contribution >= 0.6 is 0 Å². The van der Waals surface area contributed by atoms with Crippen LogP contribution in [-0.2, 0) is 43.8 Å². The van der Waals surface area contributed by atoms with E-state index in [1.165, 1.54) is 0 Å². The maximum Gasteiger partial charge on any atom is 3.00 e. The molecule has 0 spiro atoms. The number of rotatable bonds is 3. The van der Waals surface area contributed by atoms with Crippen LogP contribution in [0.5, 0.6) is 5.75 Å². The second-order valence-electron chi connectivity index (χ2n) is 3.62. The van der Waals surface area contributed by atoms with E-state index in [4.69, 9.17) is 4.18 Å². The molecule has 0 saturated carbocycles. The fraction of sp³-hybridized carbons (Fsp3) is 0.133. The first-order valence-electron chi connectivity index (χ1n) is 5.56. The summed E-state index contributed by atoms with van der Waals surface area (Å²) in [6.07, 6.45) is 0. The second-order valence-corrected chi connectivity index (χ2v) is 5.07. The molecule has 0 amide bonds. The Morgan fingerprint density at radius 2 is 1.53 bits per heavy atom. The summed E-state index contributed by atoms with van der Waals surface area (Å²) >= 11 is -1.31. The molecular formula is C15H16O2SY+. The van der Waals surface area contributed by atoms with Crippen LogP contribution in [0.15, 0.2) is 60.7 Å². The molecule has 0 fully saturated rings. The molecule has 0 heterocycles. The molecule has 1 atom stereocenters. The normalized spacial score (nSPS) is 10.7. The van der Waals surface area contributed by atoms with Crippen LogP contribution < -0.4 is 4.18 Å². The molecule has 4 heteroatoms. The van der Waals surface area contributed by atoms with E-state index in [0.29, 0.717) is 5.75 Å². The predicted octanol–water partition coefficient (Wildman–Crippen LogP) is 3.79. The van der Waals surface area contributed by atoms with Gasteiger partial charge in [0, 0.05) is 0 Å². The maximum absolute atomic E-state index is 11.2. The van der Waals surface area contributed by atoms with Crippen LogP contribution in [-0.4, -0.2) is 4.21 Å². The summed E-state index contributed by atoms with van der Waals surface area (Å²) < 4.78 is 16.3. The fourth-order valence-electron chi connectivity index (χ4n) is 0.989. The number of benzene rings is 2. The van der Waals surface area contributed by atoms with Crippen molar-refractivity contribution in [1.82, 2.24) is 0 Å². The summed E-state index contributed by atoms with van der Waals surface area (Å²) in [6.45, 7) is 3.55. The molecule has 2 aromatic rings. The smallest absolute Gasteiger partial charge is 0.429 e. The number of hydrogen-bond donors (Lipinski definition) is 0. The third-order valence-corrected chi connectivity index (χ3v) is 2.87. The molecule has 0 aliphatic carbocycles. The molecule has 0 aromatic heterocycles. The van der Waals surface area contributed by atoms with E-state index >= 15 is 0 Å². The Hall–Kier alpha value is -0.506. The van der Waals surface area contributed by atoms with Gasteiger partial charge >= 0.3 is 32.7 Å². The Morgan fingerprint density at radius 3 is 1.89 bits per heavy atom. The largest absolute Gasteiger partial charge is 3.00 e. The van der Waals surface area contributed by atoms with Crippen molar-refractivity contribution in [3.63, 3.8) is 0 Å². The minimum Gasteiger partial charge on any atom is -0.429 e. The Bertz CT molecular complexity index is 420. The minimum atomic E-state index is -1.31. The molecular weight excluding hydrogens is 333 g/mol. The fourth-order valence-corrected chi connectivity index (χ4v) is 1.44. The third kappa shape index (κ3) is 9.09. The second kappa shape index (κ2) is 11.3. The van der Waals surface area contributed by atoms with Crippen LogP contribution in [0.25, 0.3) is 0 Å². The predicted molar refractivity (Wildman–Crippen MR) is 75.1 cm³/mol. The molecule has 2 nitrogen and oxygen atoms in total. The van der Waals surface area contributed by atoms with Crippen molar-refractivity contribution in [1.29, 1.82) is 0 Å². The van der Waals surface area contributed by atoms with Crippen molar-refractivity contribution in [2.75, 3.05) is 0 Å². The zero-order valence-electron chi connectivity index (χ0n) is 11.1. The monoisotopic (exact) mass is 349 g/mol. The summed E-state index contributed by atoms with van der Waals surface area (Å²) in [7, 11) is 0. The van der Waals surface area contributed by atoms with Crippen molar-refractivity contribution >= 4 is 11.1 Å². The van der Waals surface area contributed by atoms with Crippen LogP contribution in [0.2, 0.25) is 0 Å². The van der Waals surface area contributed by atoms with E-state index in [-0.39, 0.29) is 32.7 Å². The van der Waals surface area contributed by atoms with E-state index in [9.17, 15) is 4.21 Å². The Labute approximate surface area is 143 Å². The van der Waals surface area contributed by atoms with Crippen molar-refractivity contribution in [2.45, 2.75) is 13.8 Å². The summed E-state index contributed by atoms with van der Waals surface area (Å²) in [5.41, 5.74) is 0. The van der Waals surface area contributed by atoms with E-state index in [1.54, 1.807) is 26.0 Å². The van der Waals surface area contributed by atoms with Gasteiger partial charge in [0.25, 0.3) is 0 Å². The van der Waals surface area contributed by atoms with Gasteiger partial charge in [0.15, 0.2) is 0 Å². The van der Waals surface area contributed by atoms with Gasteiger partial charge in [-0.2, -0.15) is 55.5 Å². The first-order valence-corrected chi connectivity index (χ1v) is 6.64. The minimum absolute atomic E-state index is 0. The molecule has 96 valence electrons. The molecule has 0 aliphatic rings. The van der Waals surface area contributed by atoms with Gasteiger partial charge in [-0.15, -0.1) is 0 Å². The molecule has 2 rings (SSSR count). The summed E-state index contributed by atoms with van der Waals surface area (Å²) in [5, 5.41) is 0.763. The summed E-state index contributed by atoms with van der Waals surface area (Å²) in [6, 6.07) is 21.6. The average molecular weight is 349 g/mol. The molecule has 1 unspecified atom stereocenters. The van der Waals surface area contributed by atoms with Crippen LogP contribution in [0, 0.1) is 11.3 Å². The van der Waals surface area contributed by atoms with Crippen molar-refractivity contribution in [3.8, 4) is 5.75 Å². The van der Waals surface area contributed by atoms with Gasteiger partial charge in [-0.25, -0.2) is 0 Å². The van der Waals surface area contributed by atoms with E-state index in [0.717, 1.165) is 5.25 Å².